The van der Waals surface area contributed by atoms with Gasteiger partial charge in [0.05, 0.1) is 27.3 Å². The molecule has 35 heavy (non-hydrogen) atoms. The normalized spacial score (nSPS) is 11.2. The first-order valence-corrected chi connectivity index (χ1v) is 12.3. The summed E-state index contributed by atoms with van der Waals surface area (Å²) in [6, 6.07) is 32.0. The number of benzene rings is 4. The van der Waals surface area contributed by atoms with Crippen molar-refractivity contribution in [2.75, 3.05) is 27.3 Å². The highest BCUT2D eigenvalue weighted by Gasteiger charge is 2.06. The predicted octanol–water partition coefficient (Wildman–Crippen LogP) is 6.76. The maximum Gasteiger partial charge on any atom is 0.130 e. The highest BCUT2D eigenvalue weighted by molar-refractivity contribution is 5.80. The van der Waals surface area contributed by atoms with Crippen molar-refractivity contribution in [1.82, 2.24) is 0 Å². The zero-order valence-corrected chi connectivity index (χ0v) is 21.0. The number of quaternary nitrogens is 1. The summed E-state index contributed by atoms with van der Waals surface area (Å²) in [4.78, 5) is 1.32. The first-order valence-electron chi connectivity index (χ1n) is 12.3. The number of nitrogens with one attached hydrogen (secondary N) is 1. The van der Waals surface area contributed by atoms with Crippen LogP contribution in [0.1, 0.15) is 25.0 Å². The summed E-state index contributed by atoms with van der Waals surface area (Å²) < 4.78 is 11.3. The number of hydrogen-bond donors (Lipinski definition) is 1. The number of rotatable bonds is 9. The molecule has 4 aromatic rings. The molecule has 0 heterocycles. The maximum absolute atomic E-state index is 5.63. The smallest absolute Gasteiger partial charge is 0.130 e. The Hall–Kier alpha value is -3.82. The van der Waals surface area contributed by atoms with Gasteiger partial charge < -0.3 is 14.4 Å². The second kappa shape index (κ2) is 11.5. The van der Waals surface area contributed by atoms with Gasteiger partial charge in [-0.25, -0.2) is 0 Å². The highest BCUT2D eigenvalue weighted by Crippen LogP contribution is 2.31. The summed E-state index contributed by atoms with van der Waals surface area (Å²) in [6.45, 7) is 5.33. The maximum atomic E-state index is 5.63. The minimum absolute atomic E-state index is 0.665. The van der Waals surface area contributed by atoms with Crippen molar-refractivity contribution >= 4 is 17.8 Å². The Labute approximate surface area is 209 Å². The van der Waals surface area contributed by atoms with E-state index in [1.807, 2.05) is 38.1 Å². The van der Waals surface area contributed by atoms with Crippen molar-refractivity contribution in [2.45, 2.75) is 13.8 Å². The molecule has 0 atom stereocenters. The first-order chi connectivity index (χ1) is 17.1. The van der Waals surface area contributed by atoms with Gasteiger partial charge >= 0.3 is 0 Å². The Morgan fingerprint density at radius 1 is 0.543 bits per heavy atom. The zero-order valence-electron chi connectivity index (χ0n) is 21.0. The molecule has 0 amide bonds. The molecule has 0 bridgehead atoms. The van der Waals surface area contributed by atoms with E-state index in [-0.39, 0.29) is 0 Å². The third-order valence-corrected chi connectivity index (χ3v) is 5.91. The van der Waals surface area contributed by atoms with Crippen molar-refractivity contribution in [2.24, 2.45) is 0 Å². The van der Waals surface area contributed by atoms with Gasteiger partial charge in [0, 0.05) is 0 Å². The van der Waals surface area contributed by atoms with Gasteiger partial charge in [-0.2, -0.15) is 0 Å². The van der Waals surface area contributed by atoms with Crippen molar-refractivity contribution < 1.29 is 14.4 Å². The standard InChI is InChI=1S/C32H33NO2/c1-5-34-31-17-11-26(12-18-31)28-21-25(8-7-24-9-15-30(16-10-24)33(3)4)22-29(23-28)27-13-19-32(20-14-27)35-6-2/h7-23H,5-6H2,1-4H3/p+1. The molecule has 0 saturated carbocycles. The van der Waals surface area contributed by atoms with Gasteiger partial charge in [0.25, 0.3) is 0 Å². The van der Waals surface area contributed by atoms with E-state index in [2.05, 4.69) is 93.0 Å². The molecule has 3 heteroatoms. The average molecular weight is 465 g/mol. The zero-order chi connectivity index (χ0) is 24.6. The van der Waals surface area contributed by atoms with Crippen LogP contribution in [0.2, 0.25) is 0 Å². The molecular weight excluding hydrogens is 430 g/mol. The van der Waals surface area contributed by atoms with Crippen LogP contribution in [0, 0.1) is 0 Å². The third kappa shape index (κ3) is 6.40. The van der Waals surface area contributed by atoms with Gasteiger partial charge in [0.2, 0.25) is 0 Å². The summed E-state index contributed by atoms with van der Waals surface area (Å²) >= 11 is 0. The van der Waals surface area contributed by atoms with Gasteiger partial charge in [0.1, 0.15) is 17.2 Å². The summed E-state index contributed by atoms with van der Waals surface area (Å²) in [7, 11) is 4.28. The van der Waals surface area contributed by atoms with Crippen molar-refractivity contribution in [3.05, 3.63) is 102 Å². The van der Waals surface area contributed by atoms with Crippen molar-refractivity contribution in [3.8, 4) is 33.8 Å². The quantitative estimate of drug-likeness (QED) is 0.276. The first kappa shape index (κ1) is 24.3. The molecule has 0 aromatic heterocycles. The van der Waals surface area contributed by atoms with Crippen LogP contribution >= 0.6 is 0 Å². The van der Waals surface area contributed by atoms with E-state index in [0.717, 1.165) is 28.2 Å². The van der Waals surface area contributed by atoms with Crippen molar-refractivity contribution in [1.29, 1.82) is 0 Å². The third-order valence-electron chi connectivity index (χ3n) is 5.91. The Balaban J connectivity index is 1.70. The summed E-state index contributed by atoms with van der Waals surface area (Å²) in [5.41, 5.74) is 8.28. The summed E-state index contributed by atoms with van der Waals surface area (Å²) in [5, 5.41) is 0. The topological polar surface area (TPSA) is 22.9 Å². The molecule has 0 aliphatic heterocycles. The molecule has 0 unspecified atom stereocenters. The van der Waals surface area contributed by atoms with E-state index in [9.17, 15) is 0 Å². The molecule has 0 spiro atoms. The lowest BCUT2D eigenvalue weighted by atomic mass is 9.95. The van der Waals surface area contributed by atoms with E-state index in [0.29, 0.717) is 13.2 Å². The average Bonchev–Trinajstić information content (AvgIpc) is 2.89. The van der Waals surface area contributed by atoms with Crippen LogP contribution in [-0.2, 0) is 0 Å². The van der Waals surface area contributed by atoms with Crippen molar-refractivity contribution in [3.63, 3.8) is 0 Å². The monoisotopic (exact) mass is 464 g/mol. The van der Waals surface area contributed by atoms with E-state index in [1.165, 1.54) is 27.3 Å². The molecule has 0 aliphatic carbocycles. The van der Waals surface area contributed by atoms with Crippen LogP contribution in [-0.4, -0.2) is 27.3 Å². The number of ether oxygens (including phenoxy) is 2. The molecular formula is C32H34NO2+. The second-order valence-electron chi connectivity index (χ2n) is 8.71. The molecule has 0 saturated heterocycles. The van der Waals surface area contributed by atoms with Crippen LogP contribution in [0.3, 0.4) is 0 Å². The largest absolute Gasteiger partial charge is 0.494 e. The predicted molar refractivity (Wildman–Crippen MR) is 147 cm³/mol. The van der Waals surface area contributed by atoms with E-state index in [4.69, 9.17) is 9.47 Å². The fourth-order valence-electron chi connectivity index (χ4n) is 4.02. The molecule has 0 radical (unpaired) electrons. The van der Waals surface area contributed by atoms with E-state index in [1.54, 1.807) is 0 Å². The van der Waals surface area contributed by atoms with E-state index >= 15 is 0 Å². The molecule has 1 N–H and O–H groups in total. The van der Waals surface area contributed by atoms with Gasteiger partial charge in [0.15, 0.2) is 0 Å². The van der Waals surface area contributed by atoms with E-state index < -0.39 is 0 Å². The lowest BCUT2D eigenvalue weighted by Gasteiger charge is -2.11. The van der Waals surface area contributed by atoms with Crippen LogP contribution in [0.4, 0.5) is 5.69 Å². The lowest BCUT2D eigenvalue weighted by Crippen LogP contribution is -3.00. The SMILES string of the molecule is CCOc1ccc(-c2cc(C=Cc3ccc([NH+](C)C)cc3)cc(-c3ccc(OCC)cc3)c2)cc1. The molecule has 3 nitrogen and oxygen atoms in total. The van der Waals surface area contributed by atoms with Gasteiger partial charge in [-0.3, -0.25) is 0 Å². The molecule has 0 fully saturated rings. The minimum atomic E-state index is 0.665. The molecule has 4 rings (SSSR count). The Kier molecular flexibility index (Phi) is 8.02. The van der Waals surface area contributed by atoms with Gasteiger partial charge in [-0.1, -0.05) is 36.4 Å². The van der Waals surface area contributed by atoms with Gasteiger partial charge in [-0.05, 0) is 114 Å². The van der Waals surface area contributed by atoms with Gasteiger partial charge in [-0.15, -0.1) is 0 Å². The molecule has 0 aliphatic rings. The summed E-state index contributed by atoms with van der Waals surface area (Å²) in [5.74, 6) is 1.78. The van der Waals surface area contributed by atoms with Crippen LogP contribution in [0.5, 0.6) is 11.5 Å². The van der Waals surface area contributed by atoms with Crippen LogP contribution in [0.15, 0.2) is 91.0 Å². The Morgan fingerprint density at radius 2 is 1.00 bits per heavy atom. The number of hydrogen-bond acceptors (Lipinski definition) is 2. The summed E-state index contributed by atoms with van der Waals surface area (Å²) in [6.07, 6.45) is 4.36. The minimum Gasteiger partial charge on any atom is -0.494 e. The van der Waals surface area contributed by atoms with Crippen LogP contribution in [0.25, 0.3) is 34.4 Å². The molecule has 4 aromatic carbocycles. The Morgan fingerprint density at radius 3 is 1.43 bits per heavy atom. The Bertz CT molecular complexity index is 1190. The highest BCUT2D eigenvalue weighted by atomic mass is 16.5. The fraction of sp³-hybridized carbons (Fsp3) is 0.188. The fourth-order valence-corrected chi connectivity index (χ4v) is 4.02. The lowest BCUT2D eigenvalue weighted by molar-refractivity contribution is -0.786. The second-order valence-corrected chi connectivity index (χ2v) is 8.71. The van der Waals surface area contributed by atoms with Crippen LogP contribution < -0.4 is 14.4 Å². The molecule has 178 valence electrons.